The average Bonchev–Trinajstić information content (AvgIpc) is 2.33. The zero-order valence-electron chi connectivity index (χ0n) is 8.94. The highest BCUT2D eigenvalue weighted by Gasteiger charge is 2.10. The summed E-state index contributed by atoms with van der Waals surface area (Å²) in [7, 11) is 0. The molecular formula is C12H12BrN3. The van der Waals surface area contributed by atoms with Crippen LogP contribution in [-0.2, 0) is 6.42 Å². The summed E-state index contributed by atoms with van der Waals surface area (Å²) >= 11 is 3.43. The number of aryl methyl sites for hydroxylation is 1. The maximum Gasteiger partial charge on any atom is 0.142 e. The smallest absolute Gasteiger partial charge is 0.142 e. The van der Waals surface area contributed by atoms with Gasteiger partial charge in [-0.2, -0.15) is 0 Å². The standard InChI is InChI=1S/C12H12BrN3/c1-2-9-15-11(10(13)12(14)16-9)8-6-4-3-5-7-8/h3-7H,2H2,1H3,(H2,14,15,16). The predicted octanol–water partition coefficient (Wildman–Crippen LogP) is 3.05. The van der Waals surface area contributed by atoms with Crippen LogP contribution >= 0.6 is 15.9 Å². The molecule has 1 heterocycles. The van der Waals surface area contributed by atoms with E-state index in [9.17, 15) is 0 Å². The lowest BCUT2D eigenvalue weighted by molar-refractivity contribution is 0.944. The second-order valence-corrected chi connectivity index (χ2v) is 4.20. The number of hydrogen-bond donors (Lipinski definition) is 1. The third-order valence-corrected chi connectivity index (χ3v) is 3.07. The summed E-state index contributed by atoms with van der Waals surface area (Å²) in [5.41, 5.74) is 7.73. The van der Waals surface area contributed by atoms with E-state index in [1.165, 1.54) is 0 Å². The monoisotopic (exact) mass is 277 g/mol. The number of benzene rings is 1. The van der Waals surface area contributed by atoms with E-state index in [0.29, 0.717) is 5.82 Å². The van der Waals surface area contributed by atoms with Gasteiger partial charge < -0.3 is 5.73 Å². The van der Waals surface area contributed by atoms with E-state index >= 15 is 0 Å². The Kier molecular flexibility index (Phi) is 3.19. The Hall–Kier alpha value is -1.42. The highest BCUT2D eigenvalue weighted by atomic mass is 79.9. The molecule has 0 saturated carbocycles. The molecule has 0 saturated heterocycles. The van der Waals surface area contributed by atoms with Gasteiger partial charge in [0.25, 0.3) is 0 Å². The topological polar surface area (TPSA) is 51.8 Å². The normalized spacial score (nSPS) is 10.4. The molecule has 0 radical (unpaired) electrons. The van der Waals surface area contributed by atoms with Crippen molar-refractivity contribution in [3.05, 3.63) is 40.6 Å². The van der Waals surface area contributed by atoms with Crippen LogP contribution in [0.3, 0.4) is 0 Å². The van der Waals surface area contributed by atoms with Crippen LogP contribution in [0.15, 0.2) is 34.8 Å². The molecule has 3 nitrogen and oxygen atoms in total. The molecule has 0 aliphatic heterocycles. The lowest BCUT2D eigenvalue weighted by Crippen LogP contribution is -2.02. The first kappa shape index (κ1) is 11.1. The van der Waals surface area contributed by atoms with Crippen LogP contribution in [0.4, 0.5) is 5.82 Å². The molecule has 2 aromatic rings. The molecule has 0 aliphatic rings. The van der Waals surface area contributed by atoms with E-state index in [-0.39, 0.29) is 0 Å². The first-order chi connectivity index (χ1) is 7.72. The Morgan fingerprint density at radius 2 is 1.88 bits per heavy atom. The Balaban J connectivity index is 2.60. The van der Waals surface area contributed by atoms with Gasteiger partial charge in [-0.15, -0.1) is 0 Å². The highest BCUT2D eigenvalue weighted by Crippen LogP contribution is 2.29. The molecule has 0 fully saturated rings. The van der Waals surface area contributed by atoms with Crippen molar-refractivity contribution in [1.29, 1.82) is 0 Å². The van der Waals surface area contributed by atoms with Gasteiger partial charge >= 0.3 is 0 Å². The molecule has 0 atom stereocenters. The zero-order valence-corrected chi connectivity index (χ0v) is 10.5. The van der Waals surface area contributed by atoms with Gasteiger partial charge in [-0.1, -0.05) is 37.3 Å². The van der Waals surface area contributed by atoms with Crippen molar-refractivity contribution < 1.29 is 0 Å². The second-order valence-electron chi connectivity index (χ2n) is 3.41. The Morgan fingerprint density at radius 1 is 1.19 bits per heavy atom. The molecule has 0 unspecified atom stereocenters. The summed E-state index contributed by atoms with van der Waals surface area (Å²) in [6.45, 7) is 2.01. The number of halogens is 1. The summed E-state index contributed by atoms with van der Waals surface area (Å²) in [5, 5.41) is 0. The summed E-state index contributed by atoms with van der Waals surface area (Å²) in [5.74, 6) is 1.25. The average molecular weight is 278 g/mol. The van der Waals surface area contributed by atoms with E-state index in [1.54, 1.807) is 0 Å². The molecule has 2 N–H and O–H groups in total. The molecule has 16 heavy (non-hydrogen) atoms. The third kappa shape index (κ3) is 2.07. The lowest BCUT2D eigenvalue weighted by Gasteiger charge is -2.07. The SMILES string of the molecule is CCc1nc(N)c(Br)c(-c2ccccc2)n1. The number of aromatic nitrogens is 2. The maximum absolute atomic E-state index is 5.84. The molecule has 0 bridgehead atoms. The minimum Gasteiger partial charge on any atom is -0.383 e. The van der Waals surface area contributed by atoms with Crippen molar-refractivity contribution in [3.63, 3.8) is 0 Å². The Morgan fingerprint density at radius 3 is 2.50 bits per heavy atom. The summed E-state index contributed by atoms with van der Waals surface area (Å²) in [6.07, 6.45) is 0.775. The summed E-state index contributed by atoms with van der Waals surface area (Å²) in [6, 6.07) is 9.94. The van der Waals surface area contributed by atoms with Crippen molar-refractivity contribution in [2.75, 3.05) is 5.73 Å². The van der Waals surface area contributed by atoms with Crippen molar-refractivity contribution >= 4 is 21.7 Å². The van der Waals surface area contributed by atoms with Gasteiger partial charge in [-0.25, -0.2) is 9.97 Å². The maximum atomic E-state index is 5.84. The van der Waals surface area contributed by atoms with Gasteiger partial charge in [0.2, 0.25) is 0 Å². The van der Waals surface area contributed by atoms with Crippen molar-refractivity contribution in [2.45, 2.75) is 13.3 Å². The van der Waals surface area contributed by atoms with Crippen LogP contribution in [0.25, 0.3) is 11.3 Å². The van der Waals surface area contributed by atoms with Crippen LogP contribution in [0.2, 0.25) is 0 Å². The second kappa shape index (κ2) is 4.61. The van der Waals surface area contributed by atoms with Gasteiger partial charge in [-0.05, 0) is 15.9 Å². The Labute approximate surface area is 103 Å². The summed E-state index contributed by atoms with van der Waals surface area (Å²) in [4.78, 5) is 8.68. The molecule has 4 heteroatoms. The van der Waals surface area contributed by atoms with Crippen LogP contribution in [0.5, 0.6) is 0 Å². The summed E-state index contributed by atoms with van der Waals surface area (Å²) < 4.78 is 0.760. The fourth-order valence-corrected chi connectivity index (χ4v) is 1.86. The number of anilines is 1. The van der Waals surface area contributed by atoms with Crippen molar-refractivity contribution in [3.8, 4) is 11.3 Å². The number of nitrogens with two attached hydrogens (primary N) is 1. The van der Waals surface area contributed by atoms with Crippen molar-refractivity contribution in [2.24, 2.45) is 0 Å². The molecule has 0 aliphatic carbocycles. The quantitative estimate of drug-likeness (QED) is 0.918. The minimum absolute atomic E-state index is 0.491. The predicted molar refractivity (Wildman–Crippen MR) is 69.0 cm³/mol. The molecule has 1 aromatic heterocycles. The number of rotatable bonds is 2. The van der Waals surface area contributed by atoms with Gasteiger partial charge in [0.1, 0.15) is 11.6 Å². The fraction of sp³-hybridized carbons (Fsp3) is 0.167. The first-order valence-corrected chi connectivity index (χ1v) is 5.89. The van der Waals surface area contributed by atoms with E-state index in [4.69, 9.17) is 5.73 Å². The highest BCUT2D eigenvalue weighted by molar-refractivity contribution is 9.10. The molecule has 0 amide bonds. The van der Waals surface area contributed by atoms with Crippen LogP contribution in [0.1, 0.15) is 12.7 Å². The van der Waals surface area contributed by atoms with Gasteiger partial charge in [0.15, 0.2) is 0 Å². The van der Waals surface area contributed by atoms with Gasteiger partial charge in [0, 0.05) is 12.0 Å². The number of nitrogen functional groups attached to an aromatic ring is 1. The molecule has 0 spiro atoms. The molecule has 1 aromatic carbocycles. The fourth-order valence-electron chi connectivity index (χ4n) is 1.46. The minimum atomic E-state index is 0.491. The third-order valence-electron chi connectivity index (χ3n) is 2.29. The van der Waals surface area contributed by atoms with Crippen LogP contribution < -0.4 is 5.73 Å². The molecular weight excluding hydrogens is 266 g/mol. The number of hydrogen-bond acceptors (Lipinski definition) is 3. The van der Waals surface area contributed by atoms with Gasteiger partial charge in [0.05, 0.1) is 10.2 Å². The van der Waals surface area contributed by atoms with Crippen molar-refractivity contribution in [1.82, 2.24) is 9.97 Å². The van der Waals surface area contributed by atoms with E-state index < -0.39 is 0 Å². The first-order valence-electron chi connectivity index (χ1n) is 5.09. The van der Waals surface area contributed by atoms with E-state index in [1.807, 2.05) is 37.3 Å². The zero-order chi connectivity index (χ0) is 11.5. The van der Waals surface area contributed by atoms with E-state index in [0.717, 1.165) is 28.0 Å². The number of nitrogens with zero attached hydrogens (tertiary/aromatic N) is 2. The van der Waals surface area contributed by atoms with Crippen LogP contribution in [-0.4, -0.2) is 9.97 Å². The Bertz CT molecular complexity index is 497. The molecule has 82 valence electrons. The van der Waals surface area contributed by atoms with Gasteiger partial charge in [-0.3, -0.25) is 0 Å². The largest absolute Gasteiger partial charge is 0.383 e. The van der Waals surface area contributed by atoms with Crippen LogP contribution in [0, 0.1) is 0 Å². The van der Waals surface area contributed by atoms with E-state index in [2.05, 4.69) is 25.9 Å². The lowest BCUT2D eigenvalue weighted by atomic mass is 10.1. The molecule has 2 rings (SSSR count).